The lowest BCUT2D eigenvalue weighted by Gasteiger charge is -2.31. The van der Waals surface area contributed by atoms with E-state index >= 15 is 0 Å². The average Bonchev–Trinajstić information content (AvgIpc) is 2.83. The largest absolute Gasteiger partial charge is 0.492 e. The minimum atomic E-state index is -4.36. The molecule has 0 aliphatic carbocycles. The molecule has 0 saturated carbocycles. The first-order valence-corrected chi connectivity index (χ1v) is 11.7. The van der Waals surface area contributed by atoms with Crippen LogP contribution in [-0.4, -0.2) is 50.3 Å². The number of nitrogens with zero attached hydrogens (tertiary/aromatic N) is 1. The van der Waals surface area contributed by atoms with Gasteiger partial charge in [-0.25, -0.2) is 0 Å². The van der Waals surface area contributed by atoms with Gasteiger partial charge in [0.2, 0.25) is 5.91 Å². The molecule has 1 amide bonds. The number of rotatable bonds is 10. The van der Waals surface area contributed by atoms with Gasteiger partial charge in [0.15, 0.2) is 0 Å². The summed E-state index contributed by atoms with van der Waals surface area (Å²) < 4.78 is 49.5. The highest BCUT2D eigenvalue weighted by atomic mass is 19.4. The highest BCUT2D eigenvalue weighted by Gasteiger charge is 2.30. The van der Waals surface area contributed by atoms with Crippen molar-refractivity contribution in [3.63, 3.8) is 0 Å². The molecule has 1 unspecified atom stereocenters. The van der Waals surface area contributed by atoms with Crippen LogP contribution in [0, 0.1) is 0 Å². The molecule has 2 aromatic carbocycles. The maximum atomic E-state index is 12.7. The molecular formula is C26H33F3N2O3. The first kappa shape index (κ1) is 26.0. The summed E-state index contributed by atoms with van der Waals surface area (Å²) in [5.74, 6) is 0.409. The number of amides is 1. The van der Waals surface area contributed by atoms with Crippen molar-refractivity contribution in [2.75, 3.05) is 33.4 Å². The van der Waals surface area contributed by atoms with Crippen molar-refractivity contribution in [3.05, 3.63) is 65.2 Å². The molecule has 5 nitrogen and oxygen atoms in total. The Balaban J connectivity index is 1.41. The molecular weight excluding hydrogens is 445 g/mol. The normalized spacial score (nSPS) is 15.8. The van der Waals surface area contributed by atoms with Crippen LogP contribution in [0.15, 0.2) is 48.5 Å². The second-order valence-electron chi connectivity index (χ2n) is 8.82. The van der Waals surface area contributed by atoms with Gasteiger partial charge in [-0.1, -0.05) is 31.2 Å². The number of alkyl halides is 3. The van der Waals surface area contributed by atoms with Crippen LogP contribution in [0.2, 0.25) is 0 Å². The van der Waals surface area contributed by atoms with Gasteiger partial charge >= 0.3 is 6.18 Å². The summed E-state index contributed by atoms with van der Waals surface area (Å²) >= 11 is 0. The zero-order valence-corrected chi connectivity index (χ0v) is 19.7. The number of hydrogen-bond donors (Lipinski definition) is 1. The first-order valence-electron chi connectivity index (χ1n) is 11.7. The third kappa shape index (κ3) is 8.02. The fourth-order valence-electron chi connectivity index (χ4n) is 4.03. The molecule has 34 heavy (non-hydrogen) atoms. The number of halogens is 3. The summed E-state index contributed by atoms with van der Waals surface area (Å²) in [5, 5.41) is 2.89. The molecule has 0 aromatic heterocycles. The molecule has 3 rings (SSSR count). The highest BCUT2D eigenvalue weighted by Crippen LogP contribution is 2.30. The van der Waals surface area contributed by atoms with Crippen LogP contribution < -0.4 is 10.1 Å². The first-order chi connectivity index (χ1) is 16.2. The van der Waals surface area contributed by atoms with E-state index in [1.807, 2.05) is 31.2 Å². The zero-order valence-electron chi connectivity index (χ0n) is 19.7. The number of benzene rings is 2. The summed E-state index contributed by atoms with van der Waals surface area (Å²) in [6.45, 7) is 5.22. The van der Waals surface area contributed by atoms with Crippen LogP contribution in [0.1, 0.15) is 48.8 Å². The van der Waals surface area contributed by atoms with Crippen LogP contribution in [0.5, 0.6) is 5.75 Å². The van der Waals surface area contributed by atoms with Crippen LogP contribution >= 0.6 is 0 Å². The monoisotopic (exact) mass is 478 g/mol. The standard InChI is InChI=1S/C26H33F3N2O3/c1-19(21-6-8-22(9-7-21)26(27,28)29)16-25(32)30-18-20-4-3-5-24(17-20)34-15-12-31(2)23-10-13-33-14-11-23/h3-9,17,19,23H,10-16,18H2,1-2H3,(H,30,32). The molecule has 8 heteroatoms. The lowest BCUT2D eigenvalue weighted by Crippen LogP contribution is -2.38. The van der Waals surface area contributed by atoms with Crippen molar-refractivity contribution in [2.24, 2.45) is 0 Å². The minimum absolute atomic E-state index is 0.156. The minimum Gasteiger partial charge on any atom is -0.492 e. The molecule has 0 spiro atoms. The number of hydrogen-bond acceptors (Lipinski definition) is 4. The Labute approximate surface area is 199 Å². The van der Waals surface area contributed by atoms with E-state index in [0.717, 1.165) is 56.0 Å². The lowest BCUT2D eigenvalue weighted by molar-refractivity contribution is -0.137. The van der Waals surface area contributed by atoms with Gasteiger partial charge in [-0.05, 0) is 61.2 Å². The second-order valence-corrected chi connectivity index (χ2v) is 8.82. The van der Waals surface area contributed by atoms with E-state index in [1.54, 1.807) is 0 Å². The molecule has 1 atom stereocenters. The van der Waals surface area contributed by atoms with E-state index < -0.39 is 11.7 Å². The number of carbonyl (C=O) groups is 1. The topological polar surface area (TPSA) is 50.8 Å². The van der Waals surface area contributed by atoms with E-state index in [2.05, 4.69) is 17.3 Å². The second kappa shape index (κ2) is 12.2. The van der Waals surface area contributed by atoms with Gasteiger partial charge < -0.3 is 14.8 Å². The smallest absolute Gasteiger partial charge is 0.416 e. The maximum absolute atomic E-state index is 12.7. The predicted octanol–water partition coefficient (Wildman–Crippen LogP) is 5.01. The summed E-state index contributed by atoms with van der Waals surface area (Å²) in [7, 11) is 2.11. The van der Waals surface area contributed by atoms with Crippen LogP contribution in [0.3, 0.4) is 0 Å². The number of nitrogens with one attached hydrogen (secondary N) is 1. The van der Waals surface area contributed by atoms with Crippen molar-refractivity contribution >= 4 is 5.91 Å². The van der Waals surface area contributed by atoms with Crippen molar-refractivity contribution in [1.82, 2.24) is 10.2 Å². The molecule has 1 aliphatic heterocycles. The van der Waals surface area contributed by atoms with E-state index in [4.69, 9.17) is 9.47 Å². The lowest BCUT2D eigenvalue weighted by atomic mass is 9.96. The molecule has 186 valence electrons. The van der Waals surface area contributed by atoms with Crippen molar-refractivity contribution in [1.29, 1.82) is 0 Å². The Morgan fingerprint density at radius 3 is 2.56 bits per heavy atom. The van der Waals surface area contributed by atoms with Gasteiger partial charge in [0.1, 0.15) is 12.4 Å². The predicted molar refractivity (Wildman–Crippen MR) is 125 cm³/mol. The molecule has 0 bridgehead atoms. The van der Waals surface area contributed by atoms with E-state index in [-0.39, 0.29) is 18.2 Å². The molecule has 1 saturated heterocycles. The third-order valence-electron chi connectivity index (χ3n) is 6.21. The van der Waals surface area contributed by atoms with Gasteiger partial charge in [0.05, 0.1) is 5.56 Å². The zero-order chi connectivity index (χ0) is 24.6. The van der Waals surface area contributed by atoms with E-state index in [9.17, 15) is 18.0 Å². The molecule has 0 radical (unpaired) electrons. The third-order valence-corrected chi connectivity index (χ3v) is 6.21. The van der Waals surface area contributed by atoms with Gasteiger partial charge in [0, 0.05) is 38.8 Å². The molecule has 1 aliphatic rings. The summed E-state index contributed by atoms with van der Waals surface area (Å²) in [5.41, 5.74) is 0.931. The quantitative estimate of drug-likeness (QED) is 0.522. The molecule has 1 fully saturated rings. The Hall–Kier alpha value is -2.58. The summed E-state index contributed by atoms with van der Waals surface area (Å²) in [6, 6.07) is 13.1. The Kier molecular flexibility index (Phi) is 9.36. The van der Waals surface area contributed by atoms with Crippen molar-refractivity contribution < 1.29 is 27.4 Å². The van der Waals surface area contributed by atoms with Gasteiger partial charge in [-0.15, -0.1) is 0 Å². The number of likely N-dealkylation sites (N-methyl/N-ethyl adjacent to an activating group) is 1. The van der Waals surface area contributed by atoms with Gasteiger partial charge in [-0.2, -0.15) is 13.2 Å². The fraction of sp³-hybridized carbons (Fsp3) is 0.500. The number of ether oxygens (including phenoxy) is 2. The Bertz CT molecular complexity index is 912. The Morgan fingerprint density at radius 2 is 1.88 bits per heavy atom. The van der Waals surface area contributed by atoms with Gasteiger partial charge in [0.25, 0.3) is 0 Å². The molecule has 1 heterocycles. The van der Waals surface area contributed by atoms with Crippen LogP contribution in [-0.2, 0) is 22.3 Å². The SMILES string of the molecule is CC(CC(=O)NCc1cccc(OCCN(C)C2CCOCC2)c1)c1ccc(C(F)(F)F)cc1. The summed E-state index contributed by atoms with van der Waals surface area (Å²) in [4.78, 5) is 14.7. The van der Waals surface area contributed by atoms with Crippen molar-refractivity contribution in [2.45, 2.75) is 50.9 Å². The van der Waals surface area contributed by atoms with Crippen LogP contribution in [0.25, 0.3) is 0 Å². The average molecular weight is 479 g/mol. The fourth-order valence-corrected chi connectivity index (χ4v) is 4.03. The number of carbonyl (C=O) groups excluding carboxylic acids is 1. The van der Waals surface area contributed by atoms with E-state index in [1.165, 1.54) is 12.1 Å². The molecule has 2 aromatic rings. The molecule has 1 N–H and O–H groups in total. The van der Waals surface area contributed by atoms with E-state index in [0.29, 0.717) is 24.8 Å². The maximum Gasteiger partial charge on any atom is 0.416 e. The van der Waals surface area contributed by atoms with Gasteiger partial charge in [-0.3, -0.25) is 9.69 Å². The Morgan fingerprint density at radius 1 is 1.18 bits per heavy atom. The summed E-state index contributed by atoms with van der Waals surface area (Å²) in [6.07, 6.45) is -2.08. The van der Waals surface area contributed by atoms with Crippen molar-refractivity contribution in [3.8, 4) is 5.75 Å². The van der Waals surface area contributed by atoms with Crippen LogP contribution in [0.4, 0.5) is 13.2 Å². The highest BCUT2D eigenvalue weighted by molar-refractivity contribution is 5.76.